The molecular weight excluding hydrogens is 328 g/mol. The molecule has 26 heavy (non-hydrogen) atoms. The number of allylic oxidation sites excluding steroid dienone is 1. The molecule has 1 aliphatic rings. The Morgan fingerprint density at radius 3 is 2.27 bits per heavy atom. The van der Waals surface area contributed by atoms with Gasteiger partial charge in [-0.1, -0.05) is 36.8 Å². The van der Waals surface area contributed by atoms with Gasteiger partial charge in [0, 0.05) is 18.3 Å². The minimum atomic E-state index is -0.450. The number of aliphatic imine (C=N–C) groups is 1. The van der Waals surface area contributed by atoms with Crippen LogP contribution in [0.25, 0.3) is 0 Å². The van der Waals surface area contributed by atoms with Crippen LogP contribution in [0.3, 0.4) is 0 Å². The summed E-state index contributed by atoms with van der Waals surface area (Å²) in [6, 6.07) is 12.1. The Hall–Kier alpha value is -2.29. The molecule has 0 bridgehead atoms. The lowest BCUT2D eigenvalue weighted by molar-refractivity contribution is 0.598. The van der Waals surface area contributed by atoms with E-state index in [-0.39, 0.29) is 5.56 Å². The fourth-order valence-corrected chi connectivity index (χ4v) is 2.67. The zero-order valence-electron chi connectivity index (χ0n) is 16.4. The smallest absolute Gasteiger partial charge is 0.132 e. The largest absolute Gasteiger partial charge is 0.293 e. The van der Waals surface area contributed by atoms with Crippen LogP contribution >= 0.6 is 0 Å². The Labute approximate surface area is 156 Å². The fourth-order valence-electron chi connectivity index (χ4n) is 2.67. The van der Waals surface area contributed by atoms with Gasteiger partial charge in [-0.3, -0.25) is 4.99 Å². The maximum Gasteiger partial charge on any atom is 0.132 e. The van der Waals surface area contributed by atoms with Gasteiger partial charge in [-0.05, 0) is 68.9 Å². The molecule has 0 amide bonds. The number of benzene rings is 2. The first-order valence-electron chi connectivity index (χ1n) is 8.85. The predicted octanol–water partition coefficient (Wildman–Crippen LogP) is 6.72. The molecule has 3 heteroatoms. The van der Waals surface area contributed by atoms with E-state index >= 15 is 0 Å². The molecule has 0 fully saturated rings. The van der Waals surface area contributed by atoms with Gasteiger partial charge in [0.2, 0.25) is 0 Å². The molecule has 2 aromatic rings. The summed E-state index contributed by atoms with van der Waals surface area (Å²) in [5.74, 6) is -0.0925. The number of hydrogen-bond donors (Lipinski definition) is 0. The van der Waals surface area contributed by atoms with Crippen LogP contribution in [0.2, 0.25) is 0 Å². The summed E-state index contributed by atoms with van der Waals surface area (Å²) in [5, 5.41) is 0. The first kappa shape index (κ1) is 21.8. The van der Waals surface area contributed by atoms with E-state index in [0.29, 0.717) is 5.71 Å². The van der Waals surface area contributed by atoms with Gasteiger partial charge in [-0.25, -0.2) is 8.78 Å². The molecule has 3 rings (SSSR count). The van der Waals surface area contributed by atoms with Crippen molar-refractivity contribution in [1.82, 2.24) is 0 Å². The molecule has 1 aliphatic carbocycles. The van der Waals surface area contributed by atoms with Crippen molar-refractivity contribution >= 4 is 5.71 Å². The van der Waals surface area contributed by atoms with E-state index in [2.05, 4.69) is 42.8 Å². The number of halogens is 2. The van der Waals surface area contributed by atoms with Crippen molar-refractivity contribution in [2.75, 3.05) is 7.05 Å². The summed E-state index contributed by atoms with van der Waals surface area (Å²) >= 11 is 0. The zero-order valence-corrected chi connectivity index (χ0v) is 16.4. The van der Waals surface area contributed by atoms with Crippen LogP contribution in [0, 0.1) is 11.6 Å². The van der Waals surface area contributed by atoms with E-state index in [0.717, 1.165) is 24.1 Å². The quantitative estimate of drug-likeness (QED) is 0.397. The molecule has 140 valence electrons. The molecule has 0 N–H and O–H groups in total. The summed E-state index contributed by atoms with van der Waals surface area (Å²) in [4.78, 5) is 3.77. The molecule has 0 aliphatic heterocycles. The average Bonchev–Trinajstić information content (AvgIpc) is 2.98. The van der Waals surface area contributed by atoms with Gasteiger partial charge in [-0.2, -0.15) is 0 Å². The van der Waals surface area contributed by atoms with E-state index in [9.17, 15) is 8.78 Å². The molecule has 1 nitrogen and oxygen atoms in total. The normalized spacial score (nSPS) is 15.2. The lowest BCUT2D eigenvalue weighted by Crippen LogP contribution is -1.99. The summed E-state index contributed by atoms with van der Waals surface area (Å²) in [6.45, 7) is 11.4. The Bertz CT molecular complexity index is 759. The standard InChI is InChI=1S/C10H12.C9H9F2N.C4H8/c1-8-6-7-9-4-2-3-5-10(8)9;1-6(12-2)8-5-7(10)3-4-9(8)11;1-4(2)3/h2-5,8H,6-7H2,1H3;3-5H,1-2H3;1H2,2-3H3. The number of nitrogens with zero attached hydrogens (tertiary/aromatic N) is 1. The van der Waals surface area contributed by atoms with Crippen molar-refractivity contribution in [2.24, 2.45) is 4.99 Å². The first-order chi connectivity index (χ1) is 12.3. The topological polar surface area (TPSA) is 12.4 Å². The van der Waals surface area contributed by atoms with Crippen LogP contribution in [0.1, 0.15) is 56.7 Å². The van der Waals surface area contributed by atoms with Crippen molar-refractivity contribution in [1.29, 1.82) is 0 Å². The summed E-state index contributed by atoms with van der Waals surface area (Å²) in [6.07, 6.45) is 2.64. The SMILES string of the molecule is C=C(C)C.CC1CCc2ccccc21.CN=C(C)c1cc(F)ccc1F. The predicted molar refractivity (Wildman–Crippen MR) is 108 cm³/mol. The highest BCUT2D eigenvalue weighted by molar-refractivity contribution is 5.98. The van der Waals surface area contributed by atoms with Crippen LogP contribution in [0.5, 0.6) is 0 Å². The third-order valence-electron chi connectivity index (χ3n) is 4.09. The summed E-state index contributed by atoms with van der Waals surface area (Å²) in [7, 11) is 1.54. The minimum Gasteiger partial charge on any atom is -0.293 e. The van der Waals surface area contributed by atoms with Crippen LogP contribution in [0.4, 0.5) is 8.78 Å². The molecule has 0 saturated carbocycles. The van der Waals surface area contributed by atoms with E-state index in [4.69, 9.17) is 0 Å². The molecular formula is C23H29F2N. The molecule has 0 radical (unpaired) electrons. The van der Waals surface area contributed by atoms with Crippen LogP contribution in [-0.4, -0.2) is 12.8 Å². The van der Waals surface area contributed by atoms with E-state index in [1.807, 2.05) is 13.8 Å². The molecule has 0 heterocycles. The molecule has 0 aromatic heterocycles. The Morgan fingerprint density at radius 1 is 1.08 bits per heavy atom. The third-order valence-corrected chi connectivity index (χ3v) is 4.09. The number of rotatable bonds is 1. The van der Waals surface area contributed by atoms with Crippen LogP contribution in [0.15, 0.2) is 59.6 Å². The Morgan fingerprint density at radius 2 is 1.69 bits per heavy atom. The van der Waals surface area contributed by atoms with Crippen molar-refractivity contribution in [2.45, 2.75) is 46.5 Å². The van der Waals surface area contributed by atoms with Crippen molar-refractivity contribution in [3.63, 3.8) is 0 Å². The highest BCUT2D eigenvalue weighted by Crippen LogP contribution is 2.31. The van der Waals surface area contributed by atoms with E-state index in [1.54, 1.807) is 25.1 Å². The van der Waals surface area contributed by atoms with Crippen LogP contribution < -0.4 is 0 Å². The second-order valence-corrected chi connectivity index (χ2v) is 6.78. The van der Waals surface area contributed by atoms with Crippen molar-refractivity contribution in [3.8, 4) is 0 Å². The van der Waals surface area contributed by atoms with E-state index < -0.39 is 11.6 Å². The van der Waals surface area contributed by atoms with Crippen molar-refractivity contribution < 1.29 is 8.78 Å². The monoisotopic (exact) mass is 357 g/mol. The molecule has 0 saturated heterocycles. The molecule has 2 aromatic carbocycles. The lowest BCUT2D eigenvalue weighted by atomic mass is 10.0. The Kier molecular flexibility index (Phi) is 8.91. The van der Waals surface area contributed by atoms with E-state index in [1.165, 1.54) is 18.4 Å². The van der Waals surface area contributed by atoms with Crippen LogP contribution in [-0.2, 0) is 6.42 Å². The average molecular weight is 357 g/mol. The van der Waals surface area contributed by atoms with Gasteiger partial charge in [0.1, 0.15) is 11.6 Å². The summed E-state index contributed by atoms with van der Waals surface area (Å²) < 4.78 is 25.6. The number of fused-ring (bicyclic) bond motifs is 1. The van der Waals surface area contributed by atoms with Gasteiger partial charge in [0.05, 0.1) is 0 Å². The maximum absolute atomic E-state index is 13.0. The molecule has 0 spiro atoms. The second kappa shape index (κ2) is 10.6. The maximum atomic E-state index is 13.0. The van der Waals surface area contributed by atoms with Gasteiger partial charge < -0.3 is 0 Å². The van der Waals surface area contributed by atoms with Gasteiger partial charge in [-0.15, -0.1) is 6.58 Å². The third kappa shape index (κ3) is 6.91. The first-order valence-corrected chi connectivity index (χ1v) is 8.85. The van der Waals surface area contributed by atoms with Gasteiger partial charge in [0.15, 0.2) is 0 Å². The van der Waals surface area contributed by atoms with Gasteiger partial charge in [0.25, 0.3) is 0 Å². The lowest BCUT2D eigenvalue weighted by Gasteiger charge is -2.01. The van der Waals surface area contributed by atoms with Gasteiger partial charge >= 0.3 is 0 Å². The molecule has 1 unspecified atom stereocenters. The number of hydrogen-bond acceptors (Lipinski definition) is 1. The second-order valence-electron chi connectivity index (χ2n) is 6.78. The number of aryl methyl sites for hydroxylation is 1. The fraction of sp³-hybridized carbons (Fsp3) is 0.348. The minimum absolute atomic E-state index is 0.220. The highest BCUT2D eigenvalue weighted by atomic mass is 19.1. The summed E-state index contributed by atoms with van der Waals surface area (Å²) in [5.41, 5.74) is 5.02. The Balaban J connectivity index is 0.000000219. The van der Waals surface area contributed by atoms with Crippen molar-refractivity contribution in [3.05, 3.63) is 82.9 Å². The molecule has 1 atom stereocenters. The zero-order chi connectivity index (χ0) is 19.7. The highest BCUT2D eigenvalue weighted by Gasteiger charge is 2.16.